The van der Waals surface area contributed by atoms with Gasteiger partial charge in [-0.2, -0.15) is 0 Å². The van der Waals surface area contributed by atoms with Gasteiger partial charge in [-0.3, -0.25) is 4.79 Å². The topological polar surface area (TPSA) is 31.9 Å². The van der Waals surface area contributed by atoms with Gasteiger partial charge in [-0.15, -0.1) is 0 Å². The van der Waals surface area contributed by atoms with Crippen LogP contribution < -0.4 is 16.5 Å². The molecule has 1 fully saturated rings. The maximum atomic E-state index is 16.0. The van der Waals surface area contributed by atoms with Crippen molar-refractivity contribution >= 4 is 50.5 Å². The summed E-state index contributed by atoms with van der Waals surface area (Å²) in [5, 5.41) is 3.40. The molecule has 4 heterocycles. The maximum Gasteiger partial charge on any atom is 0.353 e. The molecule has 1 spiro atoms. The smallest absolute Gasteiger partial charge is 0.310 e. The molecule has 1 saturated carbocycles. The number of benzene rings is 8. The van der Waals surface area contributed by atoms with E-state index in [9.17, 15) is 0 Å². The van der Waals surface area contributed by atoms with Gasteiger partial charge in [0.1, 0.15) is 0 Å². The molecule has 0 saturated heterocycles. The average molecular weight is 834 g/mol. The van der Waals surface area contributed by atoms with E-state index in [-0.39, 0.29) is 29.7 Å². The zero-order chi connectivity index (χ0) is 42.8. The van der Waals surface area contributed by atoms with Gasteiger partial charge in [0.15, 0.2) is 0 Å². The van der Waals surface area contributed by atoms with E-state index in [2.05, 4.69) is 174 Å². The lowest BCUT2D eigenvalue weighted by Crippen LogP contribution is -2.51. The molecule has 0 amide bonds. The second kappa shape index (κ2) is 11.8. The number of hydrogen-bond acceptors (Lipinski definition) is 1. The SMILES string of the molecule is Cc1cc(C)c(-c2ccc3c4c2c2ccccc2n4-c2cc4c(c5c2B3n2c3cc6c(cc3c(=O)n2-5)C2c3ccccc3C6c3ccccc32)C2(CCCCC2)c2ccccc2-4)c(C)c1. The van der Waals surface area contributed by atoms with Gasteiger partial charge in [-0.25, -0.2) is 4.68 Å². The lowest BCUT2D eigenvalue weighted by Gasteiger charge is -2.42. The molecule has 17 rings (SSSR count). The molecule has 4 nitrogen and oxygen atoms in total. The summed E-state index contributed by atoms with van der Waals surface area (Å²) in [6.07, 6.45) is 5.83. The lowest BCUT2D eigenvalue weighted by molar-refractivity contribution is 0.352. The third kappa shape index (κ3) is 3.97. The van der Waals surface area contributed by atoms with Crippen LogP contribution in [0.1, 0.15) is 105 Å². The quantitative estimate of drug-likeness (QED) is 0.152. The largest absolute Gasteiger partial charge is 0.353 e. The fourth-order valence-corrected chi connectivity index (χ4v) is 15.1. The Morgan fingerprint density at radius 1 is 0.585 bits per heavy atom. The van der Waals surface area contributed by atoms with Crippen LogP contribution in [0.25, 0.3) is 66.3 Å². The van der Waals surface area contributed by atoms with Crippen molar-refractivity contribution in [1.29, 1.82) is 0 Å². The highest BCUT2D eigenvalue weighted by molar-refractivity contribution is 6.89. The van der Waals surface area contributed by atoms with E-state index in [1.54, 1.807) is 0 Å². The first-order valence-corrected chi connectivity index (χ1v) is 23.9. The summed E-state index contributed by atoms with van der Waals surface area (Å²) in [5.74, 6) is 0.211. The van der Waals surface area contributed by atoms with Crippen LogP contribution >= 0.6 is 0 Å². The molecular weight excluding hydrogens is 789 g/mol. The van der Waals surface area contributed by atoms with Crippen molar-refractivity contribution in [3.63, 3.8) is 0 Å². The predicted octanol–water partition coefficient (Wildman–Crippen LogP) is 12.0. The Kier molecular flexibility index (Phi) is 6.39. The van der Waals surface area contributed by atoms with Crippen molar-refractivity contribution < 1.29 is 0 Å². The van der Waals surface area contributed by atoms with Crippen molar-refractivity contribution in [1.82, 2.24) is 13.8 Å². The predicted molar refractivity (Wildman–Crippen MR) is 266 cm³/mol. The van der Waals surface area contributed by atoms with Gasteiger partial charge in [0.25, 0.3) is 5.56 Å². The first-order valence-electron chi connectivity index (χ1n) is 23.9. The summed E-state index contributed by atoms with van der Waals surface area (Å²) in [6, 6.07) is 53.3. The minimum atomic E-state index is -0.188. The first kappa shape index (κ1) is 35.3. The molecule has 308 valence electrons. The minimum absolute atomic E-state index is 0.0975. The van der Waals surface area contributed by atoms with E-state index in [1.807, 2.05) is 0 Å². The Bertz CT molecular complexity index is 3890. The Morgan fingerprint density at radius 2 is 1.23 bits per heavy atom. The Morgan fingerprint density at radius 3 is 1.95 bits per heavy atom. The van der Waals surface area contributed by atoms with Gasteiger partial charge in [0.2, 0.25) is 0 Å². The number of rotatable bonds is 1. The molecule has 7 aliphatic rings. The van der Waals surface area contributed by atoms with Crippen LogP contribution in [0.3, 0.4) is 0 Å². The van der Waals surface area contributed by atoms with Crippen LogP contribution in [-0.4, -0.2) is 20.7 Å². The minimum Gasteiger partial charge on any atom is -0.310 e. The summed E-state index contributed by atoms with van der Waals surface area (Å²) in [7, 11) is 0. The van der Waals surface area contributed by atoms with Crippen molar-refractivity contribution in [2.45, 2.75) is 70.1 Å². The average Bonchev–Trinajstić information content (AvgIpc) is 4.03. The number of nitrogens with zero attached hydrogens (tertiary/aromatic N) is 3. The molecule has 2 aromatic heterocycles. The summed E-state index contributed by atoms with van der Waals surface area (Å²) in [5.41, 5.74) is 28.5. The third-order valence-electron chi connectivity index (χ3n) is 17.2. The number of aryl methyl sites for hydroxylation is 3. The van der Waals surface area contributed by atoms with Crippen LogP contribution in [0.15, 0.2) is 144 Å². The standard InChI is InChI=1S/C60H44BN3O/c1-32-27-33(2)51(34(3)28-32)41-23-24-47-57-54(41)40-20-10-12-22-48(40)62(57)50-31-44-35-15-9-11-21-46(35)60(25-13-4-14-26-60)55(44)58-56(50)61(47)64-49-30-43-42(29-45(49)59(65)63(58)64)52-36-16-5-7-18-38(36)53(43)39-19-8-6-17-37(39)52/h5-12,15-24,27-31,52-53H,4,13-14,25-26H2,1-3H3. The summed E-state index contributed by atoms with van der Waals surface area (Å²) < 4.78 is 7.27. The van der Waals surface area contributed by atoms with Crippen LogP contribution in [-0.2, 0) is 5.41 Å². The van der Waals surface area contributed by atoms with Crippen molar-refractivity contribution in [3.05, 3.63) is 211 Å². The molecule has 8 aromatic carbocycles. The zero-order valence-corrected chi connectivity index (χ0v) is 36.8. The van der Waals surface area contributed by atoms with Crippen LogP contribution in [0, 0.1) is 20.8 Å². The van der Waals surface area contributed by atoms with Crippen LogP contribution in [0.4, 0.5) is 0 Å². The van der Waals surface area contributed by atoms with Gasteiger partial charge in [0.05, 0.1) is 27.6 Å². The monoisotopic (exact) mass is 833 g/mol. The van der Waals surface area contributed by atoms with E-state index in [0.717, 1.165) is 29.4 Å². The van der Waals surface area contributed by atoms with E-state index in [4.69, 9.17) is 0 Å². The molecule has 10 aromatic rings. The second-order valence-corrected chi connectivity index (χ2v) is 20.3. The Hall–Kier alpha value is -7.11. The van der Waals surface area contributed by atoms with E-state index in [1.165, 1.54) is 141 Å². The van der Waals surface area contributed by atoms with Gasteiger partial charge in [0, 0.05) is 39.2 Å². The third-order valence-corrected chi connectivity index (χ3v) is 17.2. The number of aromatic nitrogens is 3. The lowest BCUT2D eigenvalue weighted by atomic mass is 9.48. The normalized spacial score (nSPS) is 18.2. The number of fused-ring (bicyclic) bond motifs is 16. The Labute approximate surface area is 377 Å². The maximum absolute atomic E-state index is 16.0. The molecule has 0 radical (unpaired) electrons. The first-order chi connectivity index (χ1) is 31.9. The highest BCUT2D eigenvalue weighted by Gasteiger charge is 2.53. The molecule has 2 bridgehead atoms. The molecule has 65 heavy (non-hydrogen) atoms. The number of hydrogen-bond donors (Lipinski definition) is 0. The molecule has 5 heteroatoms. The summed E-state index contributed by atoms with van der Waals surface area (Å²) >= 11 is 0. The zero-order valence-electron chi connectivity index (χ0n) is 36.8. The van der Waals surface area contributed by atoms with Gasteiger partial charge < -0.3 is 9.16 Å². The van der Waals surface area contributed by atoms with Gasteiger partial charge >= 0.3 is 6.85 Å². The van der Waals surface area contributed by atoms with Crippen molar-refractivity contribution in [2.24, 2.45) is 0 Å². The van der Waals surface area contributed by atoms with Crippen molar-refractivity contribution in [3.8, 4) is 33.6 Å². The van der Waals surface area contributed by atoms with Gasteiger partial charge in [-0.05, 0) is 141 Å². The second-order valence-electron chi connectivity index (χ2n) is 20.3. The fourth-order valence-electron chi connectivity index (χ4n) is 15.1. The van der Waals surface area contributed by atoms with Crippen LogP contribution in [0.2, 0.25) is 0 Å². The highest BCUT2D eigenvalue weighted by atomic mass is 16.1. The van der Waals surface area contributed by atoms with E-state index < -0.39 is 0 Å². The van der Waals surface area contributed by atoms with Crippen molar-refractivity contribution in [2.75, 3.05) is 0 Å². The molecule has 0 N–H and O–H groups in total. The molecular formula is C60H44BN3O. The molecule has 0 unspecified atom stereocenters. The molecule has 0 atom stereocenters. The van der Waals surface area contributed by atoms with E-state index >= 15 is 4.79 Å². The molecule has 5 aliphatic carbocycles. The Balaban J connectivity index is 1.08. The van der Waals surface area contributed by atoms with E-state index in [0.29, 0.717) is 0 Å². The van der Waals surface area contributed by atoms with Gasteiger partial charge in [-0.1, -0.05) is 140 Å². The summed E-state index contributed by atoms with van der Waals surface area (Å²) in [4.78, 5) is 16.0. The summed E-state index contributed by atoms with van der Waals surface area (Å²) in [6.45, 7) is 6.56. The number of para-hydroxylation sites is 1. The molecule has 2 aliphatic heterocycles. The van der Waals surface area contributed by atoms with Crippen LogP contribution in [0.5, 0.6) is 0 Å². The highest BCUT2D eigenvalue weighted by Crippen LogP contribution is 2.60. The fraction of sp³-hybridized carbons (Fsp3) is 0.183.